The van der Waals surface area contributed by atoms with Gasteiger partial charge in [-0.1, -0.05) is 29.3 Å². The van der Waals surface area contributed by atoms with Gasteiger partial charge < -0.3 is 19.7 Å². The van der Waals surface area contributed by atoms with Crippen LogP contribution in [0.15, 0.2) is 24.4 Å². The standard InChI is InChI=1S/C25H32Cl2N8OS/c1-16(20-6-5-19(26)10-21(20)27)32-25-24(22(29)11-28)31-12-23(33-25)35-14-18(15-35)17-4-2-7-34(13-17)8-3-9-37(30)36/h5-6,10,12,16-18,29H,2-4,7-9,13-15,30H2,1H3,(H,32,33). The second-order valence-corrected chi connectivity index (χ2v) is 11.8. The minimum absolute atomic E-state index is 0.210. The summed E-state index contributed by atoms with van der Waals surface area (Å²) in [6.07, 6.45) is 4.90. The highest BCUT2D eigenvalue weighted by molar-refractivity contribution is 7.89. The number of nitrogens with zero attached hydrogens (tertiary/aromatic N) is 5. The zero-order chi connectivity index (χ0) is 26.5. The lowest BCUT2D eigenvalue weighted by Crippen LogP contribution is -2.54. The van der Waals surface area contributed by atoms with E-state index < -0.39 is 11.4 Å². The fraction of sp³-hybridized carbons (Fsp3) is 0.520. The van der Waals surface area contributed by atoms with E-state index in [4.69, 9.17) is 38.7 Å². The van der Waals surface area contributed by atoms with Gasteiger partial charge in [0.1, 0.15) is 23.3 Å². The van der Waals surface area contributed by atoms with Gasteiger partial charge in [-0.25, -0.2) is 9.97 Å². The van der Waals surface area contributed by atoms with Gasteiger partial charge in [0, 0.05) is 54.0 Å². The number of anilines is 2. The van der Waals surface area contributed by atoms with E-state index in [1.807, 2.05) is 19.1 Å². The predicted octanol–water partition coefficient (Wildman–Crippen LogP) is 4.01. The Morgan fingerprint density at radius 3 is 2.84 bits per heavy atom. The molecule has 3 atom stereocenters. The molecule has 0 spiro atoms. The molecular weight excluding hydrogens is 531 g/mol. The molecule has 198 valence electrons. The molecule has 37 heavy (non-hydrogen) atoms. The number of nitriles is 1. The summed E-state index contributed by atoms with van der Waals surface area (Å²) in [5, 5.41) is 27.1. The first-order chi connectivity index (χ1) is 17.7. The predicted molar refractivity (Wildman–Crippen MR) is 150 cm³/mol. The summed E-state index contributed by atoms with van der Waals surface area (Å²) in [7, 11) is 0. The van der Waals surface area contributed by atoms with Crippen LogP contribution in [-0.2, 0) is 11.4 Å². The van der Waals surface area contributed by atoms with E-state index in [0.717, 1.165) is 50.5 Å². The van der Waals surface area contributed by atoms with Gasteiger partial charge >= 0.3 is 0 Å². The zero-order valence-corrected chi connectivity index (χ0v) is 23.1. The van der Waals surface area contributed by atoms with Gasteiger partial charge in [0.05, 0.1) is 12.2 Å². The average Bonchev–Trinajstić information content (AvgIpc) is 2.83. The highest BCUT2D eigenvalue weighted by Crippen LogP contribution is 2.34. The molecule has 0 aliphatic carbocycles. The summed E-state index contributed by atoms with van der Waals surface area (Å²) in [5.41, 5.74) is 0.788. The highest BCUT2D eigenvalue weighted by atomic mass is 35.5. The third-order valence-electron chi connectivity index (χ3n) is 7.15. The molecule has 3 heterocycles. The van der Waals surface area contributed by atoms with Crippen LogP contribution in [0.5, 0.6) is 0 Å². The molecule has 0 saturated carbocycles. The van der Waals surface area contributed by atoms with E-state index in [1.165, 1.54) is 12.8 Å². The molecule has 9 nitrogen and oxygen atoms in total. The van der Waals surface area contributed by atoms with Crippen LogP contribution in [-0.4, -0.2) is 63.6 Å². The summed E-state index contributed by atoms with van der Waals surface area (Å²) in [4.78, 5) is 13.9. The summed E-state index contributed by atoms with van der Waals surface area (Å²) < 4.78 is 11.2. The zero-order valence-electron chi connectivity index (χ0n) is 20.8. The third kappa shape index (κ3) is 7.05. The molecule has 2 aromatic rings. The number of halogens is 2. The molecule has 0 bridgehead atoms. The third-order valence-corrected chi connectivity index (χ3v) is 8.41. The van der Waals surface area contributed by atoms with Crippen LogP contribution < -0.4 is 15.4 Å². The van der Waals surface area contributed by atoms with Crippen LogP contribution >= 0.6 is 23.2 Å². The van der Waals surface area contributed by atoms with Crippen molar-refractivity contribution in [1.29, 1.82) is 10.7 Å². The van der Waals surface area contributed by atoms with Crippen molar-refractivity contribution >= 4 is 51.9 Å². The average molecular weight is 564 g/mol. The summed E-state index contributed by atoms with van der Waals surface area (Å²) in [5.74, 6) is 2.86. The van der Waals surface area contributed by atoms with Crippen LogP contribution in [0.25, 0.3) is 0 Å². The number of aromatic nitrogens is 2. The Hall–Kier alpha value is -2.13. The maximum atomic E-state index is 11.2. The maximum absolute atomic E-state index is 11.2. The van der Waals surface area contributed by atoms with Crippen molar-refractivity contribution in [1.82, 2.24) is 14.9 Å². The van der Waals surface area contributed by atoms with E-state index in [1.54, 1.807) is 18.3 Å². The molecule has 1 aromatic heterocycles. The Balaban J connectivity index is 1.41. The molecule has 12 heteroatoms. The Morgan fingerprint density at radius 2 is 2.14 bits per heavy atom. The van der Waals surface area contributed by atoms with Crippen LogP contribution in [0, 0.1) is 28.6 Å². The number of nitrogens with one attached hydrogen (secondary N) is 2. The second kappa shape index (κ2) is 12.6. The first kappa shape index (κ1) is 27.9. The van der Waals surface area contributed by atoms with Crippen molar-refractivity contribution in [2.45, 2.75) is 32.2 Å². The molecule has 2 fully saturated rings. The van der Waals surface area contributed by atoms with Crippen molar-refractivity contribution in [2.75, 3.05) is 48.7 Å². The van der Waals surface area contributed by atoms with Crippen molar-refractivity contribution in [3.63, 3.8) is 0 Å². The number of benzene rings is 1. The molecular formula is C25H32Cl2N8OS. The smallest absolute Gasteiger partial charge is 0.161 e. The lowest BCUT2D eigenvalue weighted by atomic mass is 9.80. The monoisotopic (exact) mass is 562 g/mol. The minimum atomic E-state index is -1.22. The molecule has 0 radical (unpaired) electrons. The molecule has 2 aliphatic rings. The number of piperidine rings is 1. The van der Waals surface area contributed by atoms with Gasteiger partial charge in [0.15, 0.2) is 11.5 Å². The van der Waals surface area contributed by atoms with Gasteiger partial charge in [0.25, 0.3) is 0 Å². The van der Waals surface area contributed by atoms with Crippen LogP contribution in [0.4, 0.5) is 11.6 Å². The number of hydrogen-bond donors (Lipinski definition) is 3. The lowest BCUT2D eigenvalue weighted by Gasteiger charge is -2.47. The van der Waals surface area contributed by atoms with E-state index in [0.29, 0.717) is 33.5 Å². The van der Waals surface area contributed by atoms with Crippen molar-refractivity contribution < 1.29 is 4.55 Å². The Bertz CT molecular complexity index is 1150. The normalized spacial score (nSPS) is 20.1. The van der Waals surface area contributed by atoms with E-state index in [9.17, 15) is 9.81 Å². The van der Waals surface area contributed by atoms with Gasteiger partial charge in [-0.05, 0) is 55.8 Å². The Kier molecular flexibility index (Phi) is 9.51. The number of nitrogens with two attached hydrogens (primary N) is 1. The second-order valence-electron chi connectivity index (χ2n) is 9.75. The summed E-state index contributed by atoms with van der Waals surface area (Å²) >= 11 is 11.2. The van der Waals surface area contributed by atoms with Gasteiger partial charge in [-0.2, -0.15) is 10.4 Å². The molecule has 2 saturated heterocycles. The van der Waals surface area contributed by atoms with Crippen LogP contribution in [0.1, 0.15) is 43.5 Å². The van der Waals surface area contributed by atoms with E-state index >= 15 is 0 Å². The Labute approximate surface area is 231 Å². The lowest BCUT2D eigenvalue weighted by molar-refractivity contribution is 0.120. The first-order valence-corrected chi connectivity index (χ1v) is 14.6. The highest BCUT2D eigenvalue weighted by Gasteiger charge is 2.36. The first-order valence-electron chi connectivity index (χ1n) is 12.4. The SMILES string of the molecule is CC(Nc1nc(N2CC(C3CCCN(CCC[S+](N)[O-])C3)C2)cnc1C(=N)C#N)c1ccc(Cl)cc1Cl. The van der Waals surface area contributed by atoms with Crippen LogP contribution in [0.3, 0.4) is 0 Å². The molecule has 2 aliphatic heterocycles. The van der Waals surface area contributed by atoms with Crippen molar-refractivity contribution in [3.8, 4) is 6.07 Å². The minimum Gasteiger partial charge on any atom is -0.598 e. The molecule has 1 aromatic carbocycles. The Morgan fingerprint density at radius 1 is 1.35 bits per heavy atom. The molecule has 0 amide bonds. The molecule has 3 unspecified atom stereocenters. The fourth-order valence-corrected chi connectivity index (χ4v) is 6.10. The number of likely N-dealkylation sites (tertiary alicyclic amines) is 1. The van der Waals surface area contributed by atoms with Gasteiger partial charge in [0.2, 0.25) is 0 Å². The quantitative estimate of drug-likeness (QED) is 0.291. The fourth-order valence-electron chi connectivity index (χ4n) is 5.11. The maximum Gasteiger partial charge on any atom is 0.161 e. The van der Waals surface area contributed by atoms with Gasteiger partial charge in [-0.3, -0.25) is 5.41 Å². The summed E-state index contributed by atoms with van der Waals surface area (Å²) in [6, 6.07) is 6.92. The van der Waals surface area contributed by atoms with Crippen molar-refractivity contribution in [3.05, 3.63) is 45.7 Å². The van der Waals surface area contributed by atoms with Gasteiger partial charge in [-0.15, -0.1) is 0 Å². The van der Waals surface area contributed by atoms with Crippen molar-refractivity contribution in [2.24, 2.45) is 17.0 Å². The molecule has 4 rings (SSSR count). The summed E-state index contributed by atoms with van der Waals surface area (Å²) in [6.45, 7) is 6.82. The topological polar surface area (TPSA) is 141 Å². The van der Waals surface area contributed by atoms with E-state index in [2.05, 4.69) is 20.1 Å². The number of rotatable bonds is 10. The largest absolute Gasteiger partial charge is 0.598 e. The van der Waals surface area contributed by atoms with E-state index in [-0.39, 0.29) is 17.4 Å². The number of hydrogen-bond acceptors (Lipinski definition) is 9. The van der Waals surface area contributed by atoms with Crippen LogP contribution in [0.2, 0.25) is 10.0 Å². The molecule has 4 N–H and O–H groups in total.